The van der Waals surface area contributed by atoms with Crippen LogP contribution in [0.1, 0.15) is 19.4 Å². The number of fused-ring (bicyclic) bond motifs is 1. The lowest BCUT2D eigenvalue weighted by Gasteiger charge is -2.45. The Bertz CT molecular complexity index is 1130. The van der Waals surface area contributed by atoms with Gasteiger partial charge in [-0.05, 0) is 31.5 Å². The number of rotatable bonds is 4. The van der Waals surface area contributed by atoms with Gasteiger partial charge in [0.1, 0.15) is 5.82 Å². The van der Waals surface area contributed by atoms with E-state index in [9.17, 15) is 0 Å². The van der Waals surface area contributed by atoms with Crippen molar-refractivity contribution in [3.63, 3.8) is 0 Å². The third-order valence-corrected chi connectivity index (χ3v) is 5.71. The Morgan fingerprint density at radius 2 is 1.80 bits per heavy atom. The van der Waals surface area contributed by atoms with Crippen molar-refractivity contribution in [1.82, 2.24) is 24.5 Å². The molecule has 3 aromatic heterocycles. The van der Waals surface area contributed by atoms with Gasteiger partial charge in [-0.3, -0.25) is 4.90 Å². The van der Waals surface area contributed by atoms with Gasteiger partial charge < -0.3 is 15.1 Å². The Morgan fingerprint density at radius 1 is 1.03 bits per heavy atom. The Balaban J connectivity index is 1.39. The molecular weight excluding hydrogens is 378 g/mol. The molecular formula is C22H25N7O. The summed E-state index contributed by atoms with van der Waals surface area (Å²) >= 11 is 0. The van der Waals surface area contributed by atoms with Crippen molar-refractivity contribution in [2.24, 2.45) is 0 Å². The van der Waals surface area contributed by atoms with Crippen LogP contribution in [0, 0.1) is 0 Å². The number of hydrogen-bond acceptors (Lipinski definition) is 7. The number of piperazine rings is 1. The van der Waals surface area contributed by atoms with Crippen LogP contribution in [-0.2, 0) is 6.54 Å². The average Bonchev–Trinajstić information content (AvgIpc) is 3.41. The van der Waals surface area contributed by atoms with E-state index in [1.807, 2.05) is 18.2 Å². The number of anilines is 2. The zero-order valence-corrected chi connectivity index (χ0v) is 17.1. The molecule has 0 amide bonds. The SMILES string of the molecule is CC1CN(c2cc3nc(-c4ccco4)nn3c(N)n2)CC(C)N1Cc1ccccc1. The standard InChI is InChI=1S/C22H25N7O/c1-15-12-27(13-16(2)28(15)14-17-7-4-3-5-8-17)19-11-20-24-21(18-9-6-10-30-18)26-29(20)22(23)25-19/h3-11,15-16H,12-14H2,1-2H3,(H2,23,25). The van der Waals surface area contributed by atoms with Crippen LogP contribution in [0.5, 0.6) is 0 Å². The number of aromatic nitrogens is 4. The summed E-state index contributed by atoms with van der Waals surface area (Å²) in [6.45, 7) is 7.22. The van der Waals surface area contributed by atoms with E-state index in [-0.39, 0.29) is 0 Å². The number of nitrogen functional groups attached to an aromatic ring is 1. The number of nitrogens with zero attached hydrogens (tertiary/aromatic N) is 6. The van der Waals surface area contributed by atoms with Gasteiger partial charge in [0.15, 0.2) is 11.4 Å². The lowest BCUT2D eigenvalue weighted by atomic mass is 10.1. The molecule has 1 aliphatic heterocycles. The van der Waals surface area contributed by atoms with Gasteiger partial charge in [-0.15, -0.1) is 5.10 Å². The van der Waals surface area contributed by atoms with Crippen LogP contribution in [0.25, 0.3) is 17.2 Å². The average molecular weight is 403 g/mol. The number of nitrogens with two attached hydrogens (primary N) is 1. The van der Waals surface area contributed by atoms with Crippen molar-refractivity contribution in [3.8, 4) is 11.6 Å². The minimum atomic E-state index is 0.319. The van der Waals surface area contributed by atoms with Gasteiger partial charge in [-0.1, -0.05) is 30.3 Å². The number of benzene rings is 1. The second kappa shape index (κ2) is 7.46. The molecule has 5 rings (SSSR count). The molecule has 1 fully saturated rings. The molecule has 1 aromatic carbocycles. The molecule has 154 valence electrons. The zero-order chi connectivity index (χ0) is 20.7. The molecule has 4 heterocycles. The highest BCUT2D eigenvalue weighted by Gasteiger charge is 2.30. The monoisotopic (exact) mass is 403 g/mol. The van der Waals surface area contributed by atoms with Gasteiger partial charge in [0.2, 0.25) is 11.8 Å². The summed E-state index contributed by atoms with van der Waals surface area (Å²) in [5, 5.41) is 4.43. The molecule has 2 atom stereocenters. The lowest BCUT2D eigenvalue weighted by molar-refractivity contribution is 0.123. The summed E-state index contributed by atoms with van der Waals surface area (Å²) in [5.41, 5.74) is 8.21. The van der Waals surface area contributed by atoms with Crippen LogP contribution < -0.4 is 10.6 Å². The van der Waals surface area contributed by atoms with Gasteiger partial charge in [0.05, 0.1) is 6.26 Å². The minimum Gasteiger partial charge on any atom is -0.461 e. The highest BCUT2D eigenvalue weighted by Crippen LogP contribution is 2.25. The molecule has 8 nitrogen and oxygen atoms in total. The maximum Gasteiger partial charge on any atom is 0.225 e. The second-order valence-corrected chi connectivity index (χ2v) is 7.92. The first kappa shape index (κ1) is 18.6. The summed E-state index contributed by atoms with van der Waals surface area (Å²) in [6, 6.07) is 17.0. The van der Waals surface area contributed by atoms with E-state index in [0.717, 1.165) is 25.5 Å². The topological polar surface area (TPSA) is 88.7 Å². The number of hydrogen-bond donors (Lipinski definition) is 1. The van der Waals surface area contributed by atoms with E-state index in [2.05, 4.69) is 69.0 Å². The van der Waals surface area contributed by atoms with Gasteiger partial charge in [-0.25, -0.2) is 4.98 Å². The molecule has 8 heteroatoms. The molecule has 2 unspecified atom stereocenters. The van der Waals surface area contributed by atoms with Crippen molar-refractivity contribution in [2.45, 2.75) is 32.5 Å². The van der Waals surface area contributed by atoms with Crippen molar-refractivity contribution in [1.29, 1.82) is 0 Å². The normalized spacial score (nSPS) is 20.1. The van der Waals surface area contributed by atoms with Gasteiger partial charge in [0.25, 0.3) is 0 Å². The molecule has 0 radical (unpaired) electrons. The van der Waals surface area contributed by atoms with Crippen LogP contribution in [0.15, 0.2) is 59.2 Å². The van der Waals surface area contributed by atoms with Crippen LogP contribution in [0.4, 0.5) is 11.8 Å². The van der Waals surface area contributed by atoms with Crippen molar-refractivity contribution in [2.75, 3.05) is 23.7 Å². The molecule has 0 spiro atoms. The number of furan rings is 1. The molecule has 0 bridgehead atoms. The van der Waals surface area contributed by atoms with E-state index in [4.69, 9.17) is 10.2 Å². The second-order valence-electron chi connectivity index (χ2n) is 7.92. The summed E-state index contributed by atoms with van der Waals surface area (Å²) in [4.78, 5) is 14.0. The van der Waals surface area contributed by atoms with Crippen LogP contribution in [0.3, 0.4) is 0 Å². The molecule has 2 N–H and O–H groups in total. The molecule has 4 aromatic rings. The summed E-state index contributed by atoms with van der Waals surface area (Å²) in [5.74, 6) is 2.26. The molecule has 1 aliphatic rings. The predicted octanol–water partition coefficient (Wildman–Crippen LogP) is 3.07. The summed E-state index contributed by atoms with van der Waals surface area (Å²) < 4.78 is 6.96. The molecule has 0 saturated carbocycles. The summed E-state index contributed by atoms with van der Waals surface area (Å²) in [7, 11) is 0. The van der Waals surface area contributed by atoms with Gasteiger partial charge in [0, 0.05) is 37.8 Å². The lowest BCUT2D eigenvalue weighted by Crippen LogP contribution is -2.56. The first-order valence-electron chi connectivity index (χ1n) is 10.2. The van der Waals surface area contributed by atoms with Crippen LogP contribution in [0.2, 0.25) is 0 Å². The van der Waals surface area contributed by atoms with Crippen LogP contribution >= 0.6 is 0 Å². The van der Waals surface area contributed by atoms with Crippen molar-refractivity contribution in [3.05, 3.63) is 60.4 Å². The third kappa shape index (κ3) is 3.39. The van der Waals surface area contributed by atoms with Crippen LogP contribution in [-0.4, -0.2) is 49.7 Å². The van der Waals surface area contributed by atoms with E-state index >= 15 is 0 Å². The fourth-order valence-corrected chi connectivity index (χ4v) is 4.22. The Kier molecular flexibility index (Phi) is 4.63. The van der Waals surface area contributed by atoms with E-state index in [1.54, 1.807) is 10.8 Å². The third-order valence-electron chi connectivity index (χ3n) is 5.71. The highest BCUT2D eigenvalue weighted by molar-refractivity contribution is 5.59. The smallest absolute Gasteiger partial charge is 0.225 e. The summed E-state index contributed by atoms with van der Waals surface area (Å²) in [6.07, 6.45) is 1.60. The highest BCUT2D eigenvalue weighted by atomic mass is 16.3. The molecule has 30 heavy (non-hydrogen) atoms. The first-order chi connectivity index (χ1) is 14.6. The van der Waals surface area contributed by atoms with E-state index < -0.39 is 0 Å². The maximum absolute atomic E-state index is 6.21. The Morgan fingerprint density at radius 3 is 2.50 bits per heavy atom. The molecule has 1 saturated heterocycles. The quantitative estimate of drug-likeness (QED) is 0.560. The van der Waals surface area contributed by atoms with Crippen molar-refractivity contribution >= 4 is 17.4 Å². The van der Waals surface area contributed by atoms with E-state index in [0.29, 0.717) is 35.3 Å². The minimum absolute atomic E-state index is 0.319. The zero-order valence-electron chi connectivity index (χ0n) is 17.1. The fraction of sp³-hybridized carbons (Fsp3) is 0.318. The molecule has 0 aliphatic carbocycles. The first-order valence-corrected chi connectivity index (χ1v) is 10.2. The Hall–Kier alpha value is -3.39. The maximum atomic E-state index is 6.21. The largest absolute Gasteiger partial charge is 0.461 e. The van der Waals surface area contributed by atoms with Crippen molar-refractivity contribution < 1.29 is 4.42 Å². The Labute approximate surface area is 174 Å². The predicted molar refractivity (Wildman–Crippen MR) is 116 cm³/mol. The van der Waals surface area contributed by atoms with E-state index in [1.165, 1.54) is 5.56 Å². The fourth-order valence-electron chi connectivity index (χ4n) is 4.22. The van der Waals surface area contributed by atoms with Gasteiger partial charge >= 0.3 is 0 Å². The van der Waals surface area contributed by atoms with Gasteiger partial charge in [-0.2, -0.15) is 9.50 Å².